The number of rotatable bonds is 12. The number of nitrogens with one attached hydrogen (secondary N) is 2. The van der Waals surface area contributed by atoms with Crippen molar-refractivity contribution >= 4 is 11.8 Å². The molecule has 0 heterocycles. The van der Waals surface area contributed by atoms with Gasteiger partial charge in [0.25, 0.3) is 0 Å². The van der Waals surface area contributed by atoms with Crippen LogP contribution in [0.2, 0.25) is 0 Å². The molecule has 0 bridgehead atoms. The van der Waals surface area contributed by atoms with Crippen molar-refractivity contribution < 1.29 is 24.9 Å². The van der Waals surface area contributed by atoms with Crippen LogP contribution in [0.5, 0.6) is 0 Å². The predicted molar refractivity (Wildman–Crippen MR) is 168 cm³/mol. The van der Waals surface area contributed by atoms with Crippen LogP contribution in [0.3, 0.4) is 0 Å². The van der Waals surface area contributed by atoms with E-state index in [-0.39, 0.29) is 65.6 Å². The van der Waals surface area contributed by atoms with Gasteiger partial charge in [0.05, 0.1) is 24.9 Å². The fourth-order valence-electron chi connectivity index (χ4n) is 9.97. The van der Waals surface area contributed by atoms with Gasteiger partial charge in [-0.3, -0.25) is 9.59 Å². The average molecular weight is 612 g/mol. The number of unbranched alkanes of at least 4 members (excludes halogenated alkanes) is 1. The molecule has 5 N–H and O–H groups in total. The number of aliphatic hydroxyl groups is 3. The van der Waals surface area contributed by atoms with Crippen molar-refractivity contribution in [2.75, 3.05) is 6.54 Å². The van der Waals surface area contributed by atoms with Crippen LogP contribution in [0.15, 0.2) is 17.3 Å². The highest BCUT2D eigenvalue weighted by atomic mass is 16.3. The van der Waals surface area contributed by atoms with Crippen molar-refractivity contribution in [2.45, 2.75) is 122 Å². The highest BCUT2D eigenvalue weighted by Gasteiger charge is 2.65. The molecule has 2 amide bonds. The fraction of sp³-hybridized carbons (Fsp3) is 0.824. The molecule has 0 radical (unpaired) electrons. The Morgan fingerprint density at radius 3 is 2.64 bits per heavy atom. The Balaban J connectivity index is 1.33. The molecule has 4 fully saturated rings. The largest absolute Gasteiger partial charge is 0.393 e. The molecule has 0 aromatic rings. The van der Waals surface area contributed by atoms with Gasteiger partial charge in [-0.15, -0.1) is 12.3 Å². The van der Waals surface area contributed by atoms with Gasteiger partial charge in [0.2, 0.25) is 11.8 Å². The maximum absolute atomic E-state index is 12.6. The molecule has 0 aliphatic heterocycles. The first kappa shape index (κ1) is 34.3. The second-order valence-corrected chi connectivity index (χ2v) is 14.6. The minimum atomic E-state index is -0.807. The van der Waals surface area contributed by atoms with Crippen LogP contribution in [0.1, 0.15) is 97.8 Å². The molecule has 244 valence electrons. The predicted octanol–water partition coefficient (Wildman–Crippen LogP) is 4.59. The summed E-state index contributed by atoms with van der Waals surface area (Å²) in [7, 11) is 0. The summed E-state index contributed by atoms with van der Waals surface area (Å²) in [6.45, 7) is 6.75. The highest BCUT2D eigenvalue weighted by molar-refractivity contribution is 5.88. The number of fused-ring (bicyclic) bond motifs is 5. The molecule has 0 aromatic carbocycles. The van der Waals surface area contributed by atoms with Gasteiger partial charge in [-0.25, -0.2) is 0 Å². The van der Waals surface area contributed by atoms with Gasteiger partial charge in [0, 0.05) is 17.8 Å². The van der Waals surface area contributed by atoms with E-state index in [9.17, 15) is 24.9 Å². The van der Waals surface area contributed by atoms with E-state index >= 15 is 0 Å². The van der Waals surface area contributed by atoms with E-state index in [1.54, 1.807) is 0 Å². The van der Waals surface area contributed by atoms with Crippen LogP contribution in [-0.2, 0) is 9.59 Å². The number of azide groups is 1. The van der Waals surface area contributed by atoms with Crippen LogP contribution in [-0.4, -0.2) is 58.2 Å². The Labute approximate surface area is 262 Å². The molecule has 4 saturated carbocycles. The zero-order valence-electron chi connectivity index (χ0n) is 26.7. The van der Waals surface area contributed by atoms with Crippen molar-refractivity contribution in [3.05, 3.63) is 22.6 Å². The number of allylic oxidation sites excluding steroid dienone is 1. The van der Waals surface area contributed by atoms with Crippen LogP contribution in [0, 0.1) is 58.7 Å². The lowest BCUT2D eigenvalue weighted by molar-refractivity contribution is -0.207. The minimum absolute atomic E-state index is 0.0608. The number of terminal acetylenes is 1. The number of hydrogen-bond donors (Lipinski definition) is 5. The second kappa shape index (κ2) is 14.7. The summed E-state index contributed by atoms with van der Waals surface area (Å²) in [4.78, 5) is 27.4. The zero-order valence-corrected chi connectivity index (χ0v) is 26.7. The van der Waals surface area contributed by atoms with Gasteiger partial charge in [0.1, 0.15) is 6.17 Å². The summed E-state index contributed by atoms with van der Waals surface area (Å²) in [5.41, 5.74) is 8.48. The summed E-state index contributed by atoms with van der Waals surface area (Å²) < 4.78 is 0. The molecular formula is C34H53N5O5. The van der Waals surface area contributed by atoms with Gasteiger partial charge in [0.15, 0.2) is 0 Å². The van der Waals surface area contributed by atoms with Crippen LogP contribution < -0.4 is 10.6 Å². The lowest BCUT2D eigenvalue weighted by Gasteiger charge is -2.63. The maximum Gasteiger partial charge on any atom is 0.245 e. The number of carbonyl (C=O) groups is 2. The van der Waals surface area contributed by atoms with Gasteiger partial charge in [-0.2, -0.15) is 0 Å². The Morgan fingerprint density at radius 2 is 1.91 bits per heavy atom. The molecule has 4 aliphatic rings. The van der Waals surface area contributed by atoms with Gasteiger partial charge in [-0.05, 0) is 122 Å². The van der Waals surface area contributed by atoms with Crippen molar-refractivity contribution in [3.8, 4) is 12.3 Å². The summed E-state index contributed by atoms with van der Waals surface area (Å²) in [6.07, 6.45) is 15.5. The Bertz CT molecular complexity index is 1150. The van der Waals surface area contributed by atoms with Crippen LogP contribution >= 0.6 is 0 Å². The van der Waals surface area contributed by atoms with E-state index < -0.39 is 12.3 Å². The topological polar surface area (TPSA) is 168 Å². The first-order chi connectivity index (χ1) is 20.9. The lowest BCUT2D eigenvalue weighted by atomic mass is 9.43. The summed E-state index contributed by atoms with van der Waals surface area (Å²) in [5, 5.41) is 42.5. The van der Waals surface area contributed by atoms with E-state index in [4.69, 9.17) is 12.0 Å². The lowest BCUT2D eigenvalue weighted by Crippen LogP contribution is -2.62. The number of hydrogen-bond acceptors (Lipinski definition) is 6. The van der Waals surface area contributed by atoms with Crippen LogP contribution in [0.4, 0.5) is 0 Å². The molecular weight excluding hydrogens is 558 g/mol. The Kier molecular flexibility index (Phi) is 11.4. The molecule has 0 spiro atoms. The number of nitrogens with zero attached hydrogens (tertiary/aromatic N) is 3. The second-order valence-electron chi connectivity index (χ2n) is 14.6. The molecule has 12 unspecified atom stereocenters. The smallest absolute Gasteiger partial charge is 0.245 e. The third-order valence-electron chi connectivity index (χ3n) is 12.3. The highest BCUT2D eigenvalue weighted by Crippen LogP contribution is 2.68. The SMILES string of the molecule is C#CCCCC(=O)NC(CN=[N+]=[N-])NC(=O)/C=C/CCC(C)C1CCC2C3C(O)CC4CC(O)CCC4(C)C3CC(O)C12C. The molecule has 12 atom stereocenters. The monoisotopic (exact) mass is 611 g/mol. The molecule has 0 aromatic heterocycles. The molecule has 10 nitrogen and oxygen atoms in total. The van der Waals surface area contributed by atoms with E-state index in [0.717, 1.165) is 51.4 Å². The third-order valence-corrected chi connectivity index (χ3v) is 12.3. The third kappa shape index (κ3) is 7.12. The van der Waals surface area contributed by atoms with E-state index in [2.05, 4.69) is 47.4 Å². The van der Waals surface area contributed by atoms with Gasteiger partial charge < -0.3 is 26.0 Å². The van der Waals surface area contributed by atoms with Gasteiger partial charge >= 0.3 is 0 Å². The number of aliphatic hydroxyl groups excluding tert-OH is 3. The molecule has 44 heavy (non-hydrogen) atoms. The van der Waals surface area contributed by atoms with E-state index in [0.29, 0.717) is 37.0 Å². The number of amides is 2. The summed E-state index contributed by atoms with van der Waals surface area (Å²) in [5.74, 6) is 3.55. The first-order valence-electron chi connectivity index (χ1n) is 16.7. The standard InChI is InChI=1S/C34H53N5O5/c1-5-6-7-11-30(43)37-29(20-36-39-35)38-31(44)12-9-8-10-21(2)24-13-14-25-32-26(19-28(42)34(24,25)4)33(3)16-15-23(40)17-22(33)18-27(32)41/h1,9,12,21-29,32,40-42H,6-8,10-11,13-20H2,2-4H3,(H,37,43)(H,38,44)/b12-9+. The van der Waals surface area contributed by atoms with E-state index in [1.165, 1.54) is 6.08 Å². The first-order valence-corrected chi connectivity index (χ1v) is 16.7. The van der Waals surface area contributed by atoms with Crippen molar-refractivity contribution in [2.24, 2.45) is 51.5 Å². The molecule has 4 rings (SSSR count). The molecule has 10 heteroatoms. The maximum atomic E-state index is 12.6. The quantitative estimate of drug-likeness (QED) is 0.0413. The normalized spacial score (nSPS) is 39.1. The minimum Gasteiger partial charge on any atom is -0.393 e. The van der Waals surface area contributed by atoms with E-state index in [1.807, 2.05) is 6.08 Å². The van der Waals surface area contributed by atoms with Crippen molar-refractivity contribution in [1.82, 2.24) is 10.6 Å². The average Bonchev–Trinajstić information content (AvgIpc) is 3.34. The van der Waals surface area contributed by atoms with Crippen molar-refractivity contribution in [1.29, 1.82) is 0 Å². The zero-order chi connectivity index (χ0) is 32.1. The Hall–Kier alpha value is -2.57. The summed E-state index contributed by atoms with van der Waals surface area (Å²) in [6, 6.07) is 0. The fourth-order valence-corrected chi connectivity index (χ4v) is 9.97. The van der Waals surface area contributed by atoms with Gasteiger partial charge in [-0.1, -0.05) is 32.0 Å². The molecule has 0 saturated heterocycles. The summed E-state index contributed by atoms with van der Waals surface area (Å²) >= 11 is 0. The molecule has 4 aliphatic carbocycles. The number of carbonyl (C=O) groups excluding carboxylic acids is 2. The Morgan fingerprint density at radius 1 is 1.14 bits per heavy atom. The van der Waals surface area contributed by atoms with Crippen LogP contribution in [0.25, 0.3) is 10.4 Å². The van der Waals surface area contributed by atoms with Crippen molar-refractivity contribution in [3.63, 3.8) is 0 Å².